The summed E-state index contributed by atoms with van der Waals surface area (Å²) in [5, 5.41) is 6.11. The molecule has 8 nitrogen and oxygen atoms in total. The van der Waals surface area contributed by atoms with Gasteiger partial charge >= 0.3 is 6.03 Å². The minimum atomic E-state index is -0.100. The molecule has 0 bridgehead atoms. The zero-order chi connectivity index (χ0) is 18.4. The van der Waals surface area contributed by atoms with Gasteiger partial charge in [-0.25, -0.2) is 9.78 Å². The van der Waals surface area contributed by atoms with Crippen molar-refractivity contribution in [1.29, 1.82) is 0 Å². The van der Waals surface area contributed by atoms with Crippen molar-refractivity contribution in [3.8, 4) is 0 Å². The highest BCUT2D eigenvalue weighted by atomic mass is 16.2. The molecule has 2 aromatic rings. The number of hydrogen-bond donors (Lipinski definition) is 3. The first-order chi connectivity index (χ1) is 12.6. The molecule has 2 aromatic heterocycles. The number of piperazine rings is 1. The van der Waals surface area contributed by atoms with Crippen LogP contribution in [-0.2, 0) is 0 Å². The highest BCUT2D eigenvalue weighted by Gasteiger charge is 2.24. The summed E-state index contributed by atoms with van der Waals surface area (Å²) >= 11 is 0. The Bertz CT molecular complexity index is 738. The Morgan fingerprint density at radius 2 is 1.88 bits per heavy atom. The number of amides is 3. The Morgan fingerprint density at radius 1 is 1.12 bits per heavy atom. The summed E-state index contributed by atoms with van der Waals surface area (Å²) < 4.78 is 0. The van der Waals surface area contributed by atoms with Gasteiger partial charge < -0.3 is 25.4 Å². The van der Waals surface area contributed by atoms with Gasteiger partial charge in [0.05, 0.1) is 0 Å². The van der Waals surface area contributed by atoms with E-state index < -0.39 is 0 Å². The number of aromatic amines is 1. The van der Waals surface area contributed by atoms with Crippen molar-refractivity contribution in [3.63, 3.8) is 0 Å². The summed E-state index contributed by atoms with van der Waals surface area (Å²) in [5.41, 5.74) is 1.65. The van der Waals surface area contributed by atoms with Gasteiger partial charge in [-0.2, -0.15) is 0 Å². The van der Waals surface area contributed by atoms with Crippen LogP contribution in [0.5, 0.6) is 0 Å². The number of aromatic nitrogens is 2. The molecule has 0 radical (unpaired) electrons. The maximum Gasteiger partial charge on any atom is 0.317 e. The van der Waals surface area contributed by atoms with E-state index in [-0.39, 0.29) is 11.9 Å². The van der Waals surface area contributed by atoms with Crippen LogP contribution < -0.4 is 10.6 Å². The molecule has 1 saturated heterocycles. The van der Waals surface area contributed by atoms with Crippen molar-refractivity contribution in [1.82, 2.24) is 25.1 Å². The zero-order valence-corrected chi connectivity index (χ0v) is 14.9. The normalized spacial score (nSPS) is 14.2. The zero-order valence-electron chi connectivity index (χ0n) is 14.9. The van der Waals surface area contributed by atoms with Crippen LogP contribution in [0.25, 0.3) is 0 Å². The van der Waals surface area contributed by atoms with Gasteiger partial charge in [0.25, 0.3) is 5.91 Å². The number of urea groups is 1. The molecule has 0 aromatic carbocycles. The summed E-state index contributed by atoms with van der Waals surface area (Å²) in [7, 11) is 0. The molecule has 8 heteroatoms. The topological polar surface area (TPSA) is 93.4 Å². The number of anilines is 1. The van der Waals surface area contributed by atoms with Crippen LogP contribution in [0.1, 0.15) is 16.1 Å². The van der Waals surface area contributed by atoms with Crippen LogP contribution in [0.4, 0.5) is 10.6 Å². The van der Waals surface area contributed by atoms with E-state index in [1.807, 2.05) is 19.1 Å². The lowest BCUT2D eigenvalue weighted by atomic mass is 10.3. The SMILES string of the molecule is Cc1cccnc1NCCNC(=O)N1CCN(C(=O)c2ccc[nH]2)CC1. The molecule has 1 aliphatic heterocycles. The summed E-state index contributed by atoms with van der Waals surface area (Å²) in [6.07, 6.45) is 3.47. The van der Waals surface area contributed by atoms with E-state index in [4.69, 9.17) is 0 Å². The predicted octanol–water partition coefficient (Wildman–Crippen LogP) is 1.30. The molecule has 0 unspecified atom stereocenters. The molecule has 3 heterocycles. The van der Waals surface area contributed by atoms with Gasteiger partial charge in [-0.3, -0.25) is 4.79 Å². The molecule has 3 N–H and O–H groups in total. The summed E-state index contributed by atoms with van der Waals surface area (Å²) in [5.74, 6) is 0.809. The molecular weight excluding hydrogens is 332 g/mol. The van der Waals surface area contributed by atoms with Crippen LogP contribution in [0.15, 0.2) is 36.7 Å². The number of carbonyl (C=O) groups is 2. The number of pyridine rings is 1. The van der Waals surface area contributed by atoms with Crippen molar-refractivity contribution in [2.24, 2.45) is 0 Å². The lowest BCUT2D eigenvalue weighted by molar-refractivity contribution is 0.0660. The fraction of sp³-hybridized carbons (Fsp3) is 0.389. The quantitative estimate of drug-likeness (QED) is 0.704. The van der Waals surface area contributed by atoms with Crippen LogP contribution >= 0.6 is 0 Å². The molecule has 0 aliphatic carbocycles. The first-order valence-electron chi connectivity index (χ1n) is 8.76. The summed E-state index contributed by atoms with van der Waals surface area (Å²) in [6, 6.07) is 7.34. The Hall–Kier alpha value is -3.03. The molecule has 3 rings (SSSR count). The molecular formula is C18H24N6O2. The van der Waals surface area contributed by atoms with E-state index in [0.717, 1.165) is 11.4 Å². The van der Waals surface area contributed by atoms with Crippen LogP contribution in [0, 0.1) is 6.92 Å². The maximum absolute atomic E-state index is 12.3. The minimum Gasteiger partial charge on any atom is -0.368 e. The third-order valence-corrected chi connectivity index (χ3v) is 4.39. The number of nitrogens with zero attached hydrogens (tertiary/aromatic N) is 3. The number of aryl methyl sites for hydroxylation is 1. The molecule has 0 spiro atoms. The van der Waals surface area contributed by atoms with Gasteiger partial charge in [-0.1, -0.05) is 6.07 Å². The van der Waals surface area contributed by atoms with Crippen LogP contribution in [-0.4, -0.2) is 71.0 Å². The second-order valence-electron chi connectivity index (χ2n) is 6.19. The molecule has 138 valence electrons. The first kappa shape index (κ1) is 17.8. The fourth-order valence-electron chi connectivity index (χ4n) is 2.88. The molecule has 26 heavy (non-hydrogen) atoms. The lowest BCUT2D eigenvalue weighted by Gasteiger charge is -2.34. The van der Waals surface area contributed by atoms with Gasteiger partial charge in [-0.05, 0) is 30.7 Å². The van der Waals surface area contributed by atoms with Crippen molar-refractivity contribution in [2.75, 3.05) is 44.6 Å². The number of hydrogen-bond acceptors (Lipinski definition) is 4. The second-order valence-corrected chi connectivity index (χ2v) is 6.19. The Morgan fingerprint density at radius 3 is 2.58 bits per heavy atom. The number of rotatable bonds is 5. The van der Waals surface area contributed by atoms with Crippen molar-refractivity contribution in [3.05, 3.63) is 47.9 Å². The average molecular weight is 356 g/mol. The second kappa shape index (κ2) is 8.37. The molecule has 1 fully saturated rings. The summed E-state index contributed by atoms with van der Waals surface area (Å²) in [4.78, 5) is 35.2. The van der Waals surface area contributed by atoms with Gasteiger partial charge in [0.1, 0.15) is 11.5 Å². The lowest BCUT2D eigenvalue weighted by Crippen LogP contribution is -2.53. The third kappa shape index (κ3) is 4.33. The standard InChI is InChI=1S/C18H24N6O2/c1-14-4-2-7-20-16(14)21-8-9-22-18(26)24-12-10-23(11-13-24)17(25)15-5-3-6-19-15/h2-7,19H,8-13H2,1H3,(H,20,21)(H,22,26). The molecule has 0 saturated carbocycles. The molecule has 0 atom stereocenters. The monoisotopic (exact) mass is 356 g/mol. The van der Waals surface area contributed by atoms with Crippen LogP contribution in [0.2, 0.25) is 0 Å². The van der Waals surface area contributed by atoms with E-state index >= 15 is 0 Å². The van der Waals surface area contributed by atoms with E-state index in [1.165, 1.54) is 0 Å². The number of H-pyrrole nitrogens is 1. The van der Waals surface area contributed by atoms with Gasteiger partial charge in [-0.15, -0.1) is 0 Å². The van der Waals surface area contributed by atoms with Gasteiger partial charge in [0.2, 0.25) is 0 Å². The summed E-state index contributed by atoms with van der Waals surface area (Å²) in [6.45, 7) is 5.25. The van der Waals surface area contributed by atoms with E-state index in [0.29, 0.717) is 45.0 Å². The van der Waals surface area contributed by atoms with Gasteiger partial charge in [0.15, 0.2) is 0 Å². The smallest absolute Gasteiger partial charge is 0.317 e. The molecule has 3 amide bonds. The third-order valence-electron chi connectivity index (χ3n) is 4.39. The fourth-order valence-corrected chi connectivity index (χ4v) is 2.88. The molecule has 1 aliphatic rings. The largest absolute Gasteiger partial charge is 0.368 e. The highest BCUT2D eigenvalue weighted by Crippen LogP contribution is 2.09. The first-order valence-corrected chi connectivity index (χ1v) is 8.76. The van der Waals surface area contributed by atoms with Crippen molar-refractivity contribution < 1.29 is 9.59 Å². The maximum atomic E-state index is 12.3. The van der Waals surface area contributed by atoms with Crippen LogP contribution in [0.3, 0.4) is 0 Å². The minimum absolute atomic E-state index is 0.0232. The predicted molar refractivity (Wildman–Crippen MR) is 99.1 cm³/mol. The van der Waals surface area contributed by atoms with Crippen molar-refractivity contribution >= 4 is 17.8 Å². The Balaban J connectivity index is 1.37. The number of carbonyl (C=O) groups excluding carboxylic acids is 2. The number of nitrogens with one attached hydrogen (secondary N) is 3. The average Bonchev–Trinajstić information content (AvgIpc) is 3.20. The Labute approximate surface area is 152 Å². The highest BCUT2D eigenvalue weighted by molar-refractivity contribution is 5.92. The Kier molecular flexibility index (Phi) is 5.73. The van der Waals surface area contributed by atoms with E-state index in [2.05, 4.69) is 20.6 Å². The van der Waals surface area contributed by atoms with E-state index in [9.17, 15) is 9.59 Å². The van der Waals surface area contributed by atoms with Gasteiger partial charge in [0, 0.05) is 51.7 Å². The van der Waals surface area contributed by atoms with Crippen molar-refractivity contribution in [2.45, 2.75) is 6.92 Å². The van der Waals surface area contributed by atoms with E-state index in [1.54, 1.807) is 34.3 Å².